The summed E-state index contributed by atoms with van der Waals surface area (Å²) in [5, 5.41) is 0. The summed E-state index contributed by atoms with van der Waals surface area (Å²) < 4.78 is 0. The molecule has 0 nitrogen and oxygen atoms in total. The van der Waals surface area contributed by atoms with Crippen molar-refractivity contribution in [3.63, 3.8) is 0 Å². The van der Waals surface area contributed by atoms with Crippen LogP contribution in [0.1, 0.15) is 0 Å². The molecule has 0 amide bonds. The van der Waals surface area contributed by atoms with Gasteiger partial charge in [0.1, 0.15) is 0 Å². The van der Waals surface area contributed by atoms with Crippen LogP contribution in [0.5, 0.6) is 0 Å². The van der Waals surface area contributed by atoms with E-state index in [0.717, 1.165) is 0 Å². The molecule has 0 unspecified atom stereocenters. The van der Waals surface area contributed by atoms with Gasteiger partial charge in [0, 0.05) is 70.1 Å². The Balaban J connectivity index is 0. The molecule has 5 heteroatoms. The Labute approximate surface area is 92.6 Å². The fourth-order valence-corrected chi connectivity index (χ4v) is 0. The van der Waals surface area contributed by atoms with Crippen LogP contribution in [0.2, 0.25) is 0 Å². The average Bonchev–Trinajstić information content (AvgIpc) is 0. The van der Waals surface area contributed by atoms with Crippen LogP contribution in [-0.2, 0) is 70.1 Å². The fraction of sp³-hybridized carbons (Fsp3) is 0. The van der Waals surface area contributed by atoms with Crippen molar-refractivity contribution in [1.29, 1.82) is 0 Å². The molecule has 5 heavy (non-hydrogen) atoms. The third kappa shape index (κ3) is 19.6. The van der Waals surface area contributed by atoms with Crippen molar-refractivity contribution >= 4 is 23.9 Å². The Bertz CT molecular complexity index is 9.61. The Morgan fingerprint density at radius 2 is 0.800 bits per heavy atom. The maximum Gasteiger partial charge on any atom is 0 e. The number of hydrogen-bond acceptors (Lipinski definition) is 0. The van der Waals surface area contributed by atoms with Gasteiger partial charge >= 0.3 is 23.9 Å². The van der Waals surface area contributed by atoms with Crippen LogP contribution in [0.15, 0.2) is 0 Å². The number of hydrogen-bond donors (Lipinski definition) is 0. The molecule has 0 bridgehead atoms. The Hall–Kier alpha value is 2.95. The van der Waals surface area contributed by atoms with E-state index in [1.54, 1.807) is 0 Å². The second-order valence-electron chi connectivity index (χ2n) is 0. The van der Waals surface area contributed by atoms with Gasteiger partial charge < -0.3 is 0 Å². The van der Waals surface area contributed by atoms with E-state index in [1.807, 2.05) is 0 Å². The quantitative estimate of drug-likeness (QED) is 0.492. The van der Waals surface area contributed by atoms with Crippen LogP contribution < -0.4 is 0 Å². The van der Waals surface area contributed by atoms with Crippen LogP contribution in [-0.4, -0.2) is 23.9 Å². The average molecular weight is 356 g/mol. The van der Waals surface area contributed by atoms with Gasteiger partial charge in [-0.1, -0.05) is 0 Å². The third-order valence-corrected chi connectivity index (χ3v) is 0. The predicted molar refractivity (Wildman–Crippen MR) is 8.54 cm³/mol. The van der Waals surface area contributed by atoms with E-state index >= 15 is 0 Å². The molecule has 0 fully saturated rings. The minimum atomic E-state index is 0. The first kappa shape index (κ1) is 44.1. The first-order valence-corrected chi connectivity index (χ1v) is 0. The van der Waals surface area contributed by atoms with Crippen LogP contribution in [0.4, 0.5) is 0 Å². The summed E-state index contributed by atoms with van der Waals surface area (Å²) in [6.07, 6.45) is 0. The van der Waals surface area contributed by atoms with Crippen LogP contribution in [0.25, 0.3) is 0 Å². The Morgan fingerprint density at radius 3 is 0.800 bits per heavy atom. The van der Waals surface area contributed by atoms with Crippen LogP contribution in [0.3, 0.4) is 0 Å². The van der Waals surface area contributed by atoms with Gasteiger partial charge in [-0.05, 0) is 0 Å². The molecular formula is H2Fe2NiSnZn. The van der Waals surface area contributed by atoms with E-state index in [1.165, 1.54) is 0 Å². The molecule has 0 aliphatic carbocycles. The minimum Gasteiger partial charge on any atom is 0 e. The molecule has 0 spiro atoms. The summed E-state index contributed by atoms with van der Waals surface area (Å²) in [6, 6.07) is 0. The monoisotopic (exact) mass is 356 g/mol. The largest absolute Gasteiger partial charge is 0 e. The maximum absolute atomic E-state index is 0. The van der Waals surface area contributed by atoms with Crippen molar-refractivity contribution < 1.29 is 70.1 Å². The van der Waals surface area contributed by atoms with E-state index in [2.05, 4.69) is 0 Å². The second-order valence-corrected chi connectivity index (χ2v) is 0. The zero-order valence-corrected chi connectivity index (χ0v) is 12.6. The molecule has 34 valence electrons. The first-order valence-electron chi connectivity index (χ1n) is 0. The van der Waals surface area contributed by atoms with Gasteiger partial charge in [0.05, 0.1) is 0 Å². The van der Waals surface area contributed by atoms with Crippen LogP contribution >= 0.6 is 0 Å². The van der Waals surface area contributed by atoms with Gasteiger partial charge in [-0.2, -0.15) is 0 Å². The zero-order chi connectivity index (χ0) is 0. The van der Waals surface area contributed by atoms with E-state index in [9.17, 15) is 0 Å². The summed E-state index contributed by atoms with van der Waals surface area (Å²) in [5.74, 6) is 0. The van der Waals surface area contributed by atoms with Gasteiger partial charge in [0.25, 0.3) is 0 Å². The molecule has 0 rings (SSSR count). The van der Waals surface area contributed by atoms with Crippen molar-refractivity contribution in [3.8, 4) is 0 Å². The van der Waals surface area contributed by atoms with Gasteiger partial charge in [-0.3, -0.25) is 0 Å². The number of rotatable bonds is 0. The summed E-state index contributed by atoms with van der Waals surface area (Å²) >= 11 is 0. The molecule has 0 aromatic heterocycles. The van der Waals surface area contributed by atoms with Crippen molar-refractivity contribution in [2.75, 3.05) is 0 Å². The topological polar surface area (TPSA) is 0 Å². The van der Waals surface area contributed by atoms with E-state index in [0.29, 0.717) is 0 Å². The second kappa shape index (κ2) is 28.2. The summed E-state index contributed by atoms with van der Waals surface area (Å²) in [4.78, 5) is 0. The van der Waals surface area contributed by atoms with Crippen LogP contribution in [0, 0.1) is 0 Å². The molecule has 0 aliphatic heterocycles. The van der Waals surface area contributed by atoms with E-state index < -0.39 is 0 Å². The summed E-state index contributed by atoms with van der Waals surface area (Å²) in [7, 11) is 0. The van der Waals surface area contributed by atoms with Crippen molar-refractivity contribution in [2.24, 2.45) is 0 Å². The molecule has 0 aromatic carbocycles. The third-order valence-electron chi connectivity index (χ3n) is 0. The molecule has 0 atom stereocenters. The Kier molecular flexibility index (Phi) is 249. The van der Waals surface area contributed by atoms with Crippen molar-refractivity contribution in [2.45, 2.75) is 0 Å². The smallest absolute Gasteiger partial charge is 0 e. The molecule has 0 heterocycles. The van der Waals surface area contributed by atoms with E-state index in [4.69, 9.17) is 0 Å². The van der Waals surface area contributed by atoms with Crippen molar-refractivity contribution in [3.05, 3.63) is 0 Å². The Morgan fingerprint density at radius 1 is 0.800 bits per heavy atom. The summed E-state index contributed by atoms with van der Waals surface area (Å²) in [6.45, 7) is 0. The molecule has 0 aromatic rings. The van der Waals surface area contributed by atoms with Gasteiger partial charge in [0.15, 0.2) is 0 Å². The molecular weight excluding hydrogens is 354 g/mol. The molecule has 2 radical (unpaired) electrons. The summed E-state index contributed by atoms with van der Waals surface area (Å²) in [5.41, 5.74) is 0. The van der Waals surface area contributed by atoms with Gasteiger partial charge in [0.2, 0.25) is 0 Å². The molecule has 0 saturated heterocycles. The predicted octanol–water partition coefficient (Wildman–Crippen LogP) is -0.926. The minimum absolute atomic E-state index is 0. The molecule has 0 saturated carbocycles. The normalized spacial score (nSPS) is 0. The maximum atomic E-state index is 0. The molecule has 0 N–H and O–H groups in total. The zero-order valence-electron chi connectivity index (χ0n) is 2.44. The standard InChI is InChI=1S/2Fe.Ni.Sn.Zn.2H. The first-order chi connectivity index (χ1) is 0. The van der Waals surface area contributed by atoms with Crippen molar-refractivity contribution in [1.82, 2.24) is 0 Å². The SMILES string of the molecule is [Fe].[Fe].[Ni].[SnH2].[Zn]. The fourth-order valence-electron chi connectivity index (χ4n) is 0. The molecule has 0 aliphatic rings. The van der Waals surface area contributed by atoms with Gasteiger partial charge in [-0.25, -0.2) is 0 Å². The van der Waals surface area contributed by atoms with Gasteiger partial charge in [-0.15, -0.1) is 0 Å². The van der Waals surface area contributed by atoms with E-state index in [-0.39, 0.29) is 94.0 Å².